The molecule has 5 heteroatoms. The Kier molecular flexibility index (Phi) is 3.56. The molecule has 21 heavy (non-hydrogen) atoms. The molecule has 0 aromatic carbocycles. The van der Waals surface area contributed by atoms with Crippen LogP contribution >= 0.6 is 0 Å². The number of anilines is 1. The van der Waals surface area contributed by atoms with Crippen LogP contribution in [0.4, 0.5) is 5.82 Å². The van der Waals surface area contributed by atoms with Crippen LogP contribution in [-0.2, 0) is 6.42 Å². The van der Waals surface area contributed by atoms with E-state index in [1.54, 1.807) is 0 Å². The van der Waals surface area contributed by atoms with E-state index >= 15 is 0 Å². The first-order valence-corrected chi connectivity index (χ1v) is 7.11. The van der Waals surface area contributed by atoms with Crippen LogP contribution in [0, 0.1) is 20.8 Å². The number of nitrogens with one attached hydrogen (secondary N) is 1. The fourth-order valence-electron chi connectivity index (χ4n) is 2.36. The van der Waals surface area contributed by atoms with E-state index in [4.69, 9.17) is 0 Å². The van der Waals surface area contributed by atoms with Gasteiger partial charge >= 0.3 is 0 Å². The third-order valence-electron chi connectivity index (χ3n) is 3.65. The van der Waals surface area contributed by atoms with Crippen molar-refractivity contribution < 1.29 is 0 Å². The Hall–Kier alpha value is -2.43. The number of hydrogen-bond acceptors (Lipinski definition) is 4. The van der Waals surface area contributed by atoms with Crippen LogP contribution in [-0.4, -0.2) is 26.1 Å². The predicted octanol–water partition coefficient (Wildman–Crippen LogP) is 2.70. The maximum atomic E-state index is 4.58. The Morgan fingerprint density at radius 3 is 2.67 bits per heavy atom. The van der Waals surface area contributed by atoms with Crippen LogP contribution in [0.5, 0.6) is 0 Å². The van der Waals surface area contributed by atoms with Gasteiger partial charge in [-0.1, -0.05) is 0 Å². The molecule has 3 aromatic rings. The maximum absolute atomic E-state index is 4.58. The first-order valence-electron chi connectivity index (χ1n) is 7.11. The van der Waals surface area contributed by atoms with Crippen molar-refractivity contribution in [2.45, 2.75) is 27.2 Å². The molecule has 3 aromatic heterocycles. The Balaban J connectivity index is 1.82. The molecule has 0 aliphatic carbocycles. The second-order valence-electron chi connectivity index (χ2n) is 5.26. The largest absolute Gasteiger partial charge is 0.370 e. The lowest BCUT2D eigenvalue weighted by Crippen LogP contribution is -2.10. The number of fused-ring (bicyclic) bond motifs is 1. The van der Waals surface area contributed by atoms with Gasteiger partial charge in [0.1, 0.15) is 5.82 Å². The van der Waals surface area contributed by atoms with Crippen LogP contribution in [0.25, 0.3) is 5.65 Å². The van der Waals surface area contributed by atoms with Crippen molar-refractivity contribution in [1.29, 1.82) is 0 Å². The third-order valence-corrected chi connectivity index (χ3v) is 3.65. The summed E-state index contributed by atoms with van der Waals surface area (Å²) in [7, 11) is 0. The number of nitrogens with zero attached hydrogens (tertiary/aromatic N) is 4. The van der Waals surface area contributed by atoms with Crippen molar-refractivity contribution in [3.63, 3.8) is 0 Å². The first kappa shape index (κ1) is 13.5. The summed E-state index contributed by atoms with van der Waals surface area (Å²) in [4.78, 5) is 8.61. The molecular weight excluding hydrogens is 262 g/mol. The molecule has 0 unspecified atom stereocenters. The highest BCUT2D eigenvalue weighted by atomic mass is 15.3. The van der Waals surface area contributed by atoms with Crippen molar-refractivity contribution in [2.75, 3.05) is 11.9 Å². The minimum absolute atomic E-state index is 0.848. The van der Waals surface area contributed by atoms with E-state index < -0.39 is 0 Å². The molecular formula is C16H19N5. The average Bonchev–Trinajstić information content (AvgIpc) is 2.76. The number of aryl methyl sites for hydroxylation is 3. The quantitative estimate of drug-likeness (QED) is 0.799. The summed E-state index contributed by atoms with van der Waals surface area (Å²) in [5.74, 6) is 0.989. The molecule has 0 aliphatic heterocycles. The monoisotopic (exact) mass is 281 g/mol. The molecule has 1 N–H and O–H groups in total. The number of rotatable bonds is 4. The standard InChI is InChI=1S/C16H19N5/c1-11-10-15(18-9-6-14-4-7-17-8-5-14)21-16(19-11)12(2)13(3)20-21/h4-5,7-8,10,18H,6,9H2,1-3H3. The van der Waals surface area contributed by atoms with E-state index in [2.05, 4.69) is 27.3 Å². The van der Waals surface area contributed by atoms with Gasteiger partial charge in [0.05, 0.1) is 5.69 Å². The smallest absolute Gasteiger partial charge is 0.160 e. The van der Waals surface area contributed by atoms with E-state index in [0.717, 1.165) is 41.4 Å². The van der Waals surface area contributed by atoms with E-state index in [1.807, 2.05) is 49.0 Å². The minimum atomic E-state index is 0.848. The molecule has 0 radical (unpaired) electrons. The lowest BCUT2D eigenvalue weighted by molar-refractivity contribution is 0.891. The Bertz CT molecular complexity index is 761. The topological polar surface area (TPSA) is 55.1 Å². The molecule has 0 bridgehead atoms. The van der Waals surface area contributed by atoms with Crippen LogP contribution in [0.15, 0.2) is 30.6 Å². The van der Waals surface area contributed by atoms with E-state index in [1.165, 1.54) is 5.56 Å². The fraction of sp³-hybridized carbons (Fsp3) is 0.312. The zero-order valence-electron chi connectivity index (χ0n) is 12.6. The summed E-state index contributed by atoms with van der Waals surface area (Å²) in [6.45, 7) is 6.93. The summed E-state index contributed by atoms with van der Waals surface area (Å²) >= 11 is 0. The van der Waals surface area contributed by atoms with Gasteiger partial charge in [0.2, 0.25) is 0 Å². The van der Waals surface area contributed by atoms with Gasteiger partial charge < -0.3 is 5.32 Å². The van der Waals surface area contributed by atoms with Gasteiger partial charge in [-0.15, -0.1) is 0 Å². The lowest BCUT2D eigenvalue weighted by atomic mass is 10.2. The number of hydrogen-bond donors (Lipinski definition) is 1. The fourth-order valence-corrected chi connectivity index (χ4v) is 2.36. The van der Waals surface area contributed by atoms with Gasteiger partial charge in [-0.05, 0) is 44.9 Å². The van der Waals surface area contributed by atoms with Crippen molar-refractivity contribution in [3.05, 3.63) is 53.1 Å². The highest BCUT2D eigenvalue weighted by molar-refractivity contribution is 5.55. The van der Waals surface area contributed by atoms with Crippen LogP contribution in [0.3, 0.4) is 0 Å². The van der Waals surface area contributed by atoms with Crippen LogP contribution in [0.1, 0.15) is 22.5 Å². The highest BCUT2D eigenvalue weighted by Gasteiger charge is 2.10. The molecule has 0 fully saturated rings. The summed E-state index contributed by atoms with van der Waals surface area (Å²) in [6, 6.07) is 6.11. The second-order valence-corrected chi connectivity index (χ2v) is 5.26. The van der Waals surface area contributed by atoms with Gasteiger partial charge in [-0.2, -0.15) is 9.61 Å². The molecule has 0 saturated heterocycles. The molecule has 5 nitrogen and oxygen atoms in total. The molecule has 0 aliphatic rings. The first-order chi connectivity index (χ1) is 10.1. The normalized spacial score (nSPS) is 11.0. The molecule has 0 atom stereocenters. The van der Waals surface area contributed by atoms with Gasteiger partial charge in [-0.25, -0.2) is 4.98 Å². The Morgan fingerprint density at radius 1 is 1.14 bits per heavy atom. The van der Waals surface area contributed by atoms with Crippen molar-refractivity contribution in [3.8, 4) is 0 Å². The molecule has 3 rings (SSSR count). The molecule has 3 heterocycles. The second kappa shape index (κ2) is 5.52. The lowest BCUT2D eigenvalue weighted by Gasteiger charge is -2.09. The van der Waals surface area contributed by atoms with E-state index in [0.29, 0.717) is 0 Å². The minimum Gasteiger partial charge on any atom is -0.370 e. The summed E-state index contributed by atoms with van der Waals surface area (Å²) in [5.41, 5.74) is 5.35. The van der Waals surface area contributed by atoms with Crippen molar-refractivity contribution in [2.24, 2.45) is 0 Å². The van der Waals surface area contributed by atoms with Gasteiger partial charge in [0, 0.05) is 36.3 Å². The maximum Gasteiger partial charge on any atom is 0.160 e. The summed E-state index contributed by atoms with van der Waals surface area (Å²) < 4.78 is 1.89. The van der Waals surface area contributed by atoms with Gasteiger partial charge in [-0.3, -0.25) is 4.98 Å². The summed E-state index contributed by atoms with van der Waals surface area (Å²) in [6.07, 6.45) is 4.60. The van der Waals surface area contributed by atoms with Crippen molar-refractivity contribution >= 4 is 11.5 Å². The Morgan fingerprint density at radius 2 is 1.90 bits per heavy atom. The molecule has 0 saturated carbocycles. The summed E-state index contributed by atoms with van der Waals surface area (Å²) in [5, 5.41) is 8.02. The van der Waals surface area contributed by atoms with E-state index in [-0.39, 0.29) is 0 Å². The molecule has 108 valence electrons. The van der Waals surface area contributed by atoms with Crippen LogP contribution in [0.2, 0.25) is 0 Å². The average molecular weight is 281 g/mol. The number of aromatic nitrogens is 4. The van der Waals surface area contributed by atoms with Crippen molar-refractivity contribution in [1.82, 2.24) is 19.6 Å². The van der Waals surface area contributed by atoms with Crippen LogP contribution < -0.4 is 5.32 Å². The predicted molar refractivity (Wildman–Crippen MR) is 83.6 cm³/mol. The van der Waals surface area contributed by atoms with Gasteiger partial charge in [0.15, 0.2) is 5.65 Å². The Labute approximate surface area is 124 Å². The zero-order chi connectivity index (χ0) is 14.8. The molecule has 0 amide bonds. The highest BCUT2D eigenvalue weighted by Crippen LogP contribution is 2.18. The van der Waals surface area contributed by atoms with Gasteiger partial charge in [0.25, 0.3) is 0 Å². The molecule has 0 spiro atoms. The third kappa shape index (κ3) is 2.72. The SMILES string of the molecule is Cc1cc(NCCc2ccncc2)n2nc(C)c(C)c2n1. The van der Waals surface area contributed by atoms with E-state index in [9.17, 15) is 0 Å². The number of pyridine rings is 1. The zero-order valence-corrected chi connectivity index (χ0v) is 12.6.